The fourth-order valence-electron chi connectivity index (χ4n) is 1.13. The average Bonchev–Trinajstić information content (AvgIpc) is 2.30. The number of rotatable bonds is 3. The molecule has 1 aromatic heterocycles. The second-order valence-electron chi connectivity index (χ2n) is 2.81. The highest BCUT2D eigenvalue weighted by Gasteiger charge is 2.11. The fourth-order valence-corrected chi connectivity index (χ4v) is 1.97. The summed E-state index contributed by atoms with van der Waals surface area (Å²) >= 11 is 1.59. The van der Waals surface area contributed by atoms with E-state index in [1.54, 1.807) is 11.3 Å². The number of carbonyl (C=O) groups excluding carboxylic acids is 1. The Morgan fingerprint density at radius 2 is 2.17 bits per heavy atom. The van der Waals surface area contributed by atoms with E-state index in [1.807, 2.05) is 20.8 Å². The van der Waals surface area contributed by atoms with Crippen molar-refractivity contribution >= 4 is 17.1 Å². The van der Waals surface area contributed by atoms with Crippen LogP contribution in [-0.2, 0) is 0 Å². The third kappa shape index (κ3) is 1.91. The standard InChI is InChI=1S/C9H13NOS/c1-4-5-8(11)9-6(2)12-7(3)10-9/h4-5H2,1-3H3. The van der Waals surface area contributed by atoms with Crippen molar-refractivity contribution in [3.8, 4) is 0 Å². The number of aryl methyl sites for hydroxylation is 2. The number of hydrogen-bond donors (Lipinski definition) is 0. The largest absolute Gasteiger partial charge is 0.292 e. The second-order valence-corrected chi connectivity index (χ2v) is 4.22. The Morgan fingerprint density at radius 3 is 2.58 bits per heavy atom. The second kappa shape index (κ2) is 3.81. The van der Waals surface area contributed by atoms with Crippen molar-refractivity contribution in [2.75, 3.05) is 0 Å². The van der Waals surface area contributed by atoms with Gasteiger partial charge < -0.3 is 0 Å². The monoisotopic (exact) mass is 183 g/mol. The molecule has 0 radical (unpaired) electrons. The van der Waals surface area contributed by atoms with Gasteiger partial charge in [-0.25, -0.2) is 4.98 Å². The van der Waals surface area contributed by atoms with Gasteiger partial charge in [-0.2, -0.15) is 0 Å². The summed E-state index contributed by atoms with van der Waals surface area (Å²) in [5.41, 5.74) is 0.680. The van der Waals surface area contributed by atoms with Gasteiger partial charge in [0.1, 0.15) is 5.69 Å². The first-order valence-corrected chi connectivity index (χ1v) is 4.94. The number of nitrogens with zero attached hydrogens (tertiary/aromatic N) is 1. The highest BCUT2D eigenvalue weighted by Crippen LogP contribution is 2.17. The molecule has 0 saturated carbocycles. The Hall–Kier alpha value is -0.700. The molecule has 0 aromatic carbocycles. The van der Waals surface area contributed by atoms with Crippen LogP contribution in [0.25, 0.3) is 0 Å². The lowest BCUT2D eigenvalue weighted by molar-refractivity contribution is 0.0977. The normalized spacial score (nSPS) is 10.2. The van der Waals surface area contributed by atoms with Gasteiger partial charge in [0.25, 0.3) is 0 Å². The zero-order valence-corrected chi connectivity index (χ0v) is 8.49. The molecule has 0 unspecified atom stereocenters. The summed E-state index contributed by atoms with van der Waals surface area (Å²) in [6, 6.07) is 0. The van der Waals surface area contributed by atoms with Crippen molar-refractivity contribution in [2.24, 2.45) is 0 Å². The Bertz CT molecular complexity index is 291. The van der Waals surface area contributed by atoms with Crippen molar-refractivity contribution in [1.29, 1.82) is 0 Å². The molecule has 0 spiro atoms. The van der Waals surface area contributed by atoms with Crippen molar-refractivity contribution in [1.82, 2.24) is 4.98 Å². The van der Waals surface area contributed by atoms with E-state index in [1.165, 1.54) is 0 Å². The third-order valence-corrected chi connectivity index (χ3v) is 2.53. The number of carbonyl (C=O) groups is 1. The van der Waals surface area contributed by atoms with Crippen LogP contribution in [0.1, 0.15) is 40.1 Å². The van der Waals surface area contributed by atoms with Crippen LogP contribution >= 0.6 is 11.3 Å². The van der Waals surface area contributed by atoms with Crippen LogP contribution in [0, 0.1) is 13.8 Å². The molecule has 2 nitrogen and oxygen atoms in total. The Morgan fingerprint density at radius 1 is 1.50 bits per heavy atom. The van der Waals surface area contributed by atoms with Gasteiger partial charge in [-0.15, -0.1) is 11.3 Å². The van der Waals surface area contributed by atoms with Crippen molar-refractivity contribution in [3.05, 3.63) is 15.6 Å². The lowest BCUT2D eigenvalue weighted by Crippen LogP contribution is -2.00. The van der Waals surface area contributed by atoms with Gasteiger partial charge in [0, 0.05) is 11.3 Å². The minimum Gasteiger partial charge on any atom is -0.292 e. The molecule has 0 aliphatic carbocycles. The molecule has 0 N–H and O–H groups in total. The smallest absolute Gasteiger partial charge is 0.182 e. The Labute approximate surface area is 76.6 Å². The van der Waals surface area contributed by atoms with E-state index in [-0.39, 0.29) is 5.78 Å². The van der Waals surface area contributed by atoms with Crippen LogP contribution in [0.3, 0.4) is 0 Å². The molecule has 3 heteroatoms. The maximum atomic E-state index is 11.4. The molecular formula is C9H13NOS. The summed E-state index contributed by atoms with van der Waals surface area (Å²) in [6.45, 7) is 5.89. The molecule has 66 valence electrons. The first-order chi connectivity index (χ1) is 5.65. The first-order valence-electron chi connectivity index (χ1n) is 4.12. The lowest BCUT2D eigenvalue weighted by Gasteiger charge is -1.93. The van der Waals surface area contributed by atoms with Gasteiger partial charge in [0.05, 0.1) is 5.01 Å². The minimum atomic E-state index is 0.180. The Kier molecular flexibility index (Phi) is 2.98. The highest BCUT2D eigenvalue weighted by atomic mass is 32.1. The first kappa shape index (κ1) is 9.39. The maximum Gasteiger partial charge on any atom is 0.182 e. The molecule has 0 atom stereocenters. The van der Waals surface area contributed by atoms with E-state index in [0.717, 1.165) is 16.3 Å². The van der Waals surface area contributed by atoms with Gasteiger partial charge in [0.15, 0.2) is 5.78 Å². The van der Waals surface area contributed by atoms with Crippen LogP contribution in [0.5, 0.6) is 0 Å². The van der Waals surface area contributed by atoms with Crippen LogP contribution in [0.4, 0.5) is 0 Å². The van der Waals surface area contributed by atoms with E-state index < -0.39 is 0 Å². The predicted octanol–water partition coefficient (Wildman–Crippen LogP) is 2.74. The van der Waals surface area contributed by atoms with Gasteiger partial charge in [-0.1, -0.05) is 6.92 Å². The van der Waals surface area contributed by atoms with E-state index in [4.69, 9.17) is 0 Å². The summed E-state index contributed by atoms with van der Waals surface area (Å²) in [7, 11) is 0. The summed E-state index contributed by atoms with van der Waals surface area (Å²) in [6.07, 6.45) is 1.51. The summed E-state index contributed by atoms with van der Waals surface area (Å²) < 4.78 is 0. The summed E-state index contributed by atoms with van der Waals surface area (Å²) in [5, 5.41) is 0.979. The third-order valence-electron chi connectivity index (χ3n) is 1.64. The van der Waals surface area contributed by atoms with Gasteiger partial charge in [-0.05, 0) is 20.3 Å². The quantitative estimate of drug-likeness (QED) is 0.674. The fraction of sp³-hybridized carbons (Fsp3) is 0.556. The summed E-state index contributed by atoms with van der Waals surface area (Å²) in [4.78, 5) is 16.7. The molecule has 0 bridgehead atoms. The molecule has 0 aliphatic heterocycles. The molecule has 1 heterocycles. The Balaban J connectivity index is 2.87. The zero-order valence-electron chi connectivity index (χ0n) is 7.68. The molecule has 0 amide bonds. The van der Waals surface area contributed by atoms with Crippen LogP contribution in [0.15, 0.2) is 0 Å². The van der Waals surface area contributed by atoms with Crippen LogP contribution in [0.2, 0.25) is 0 Å². The van der Waals surface area contributed by atoms with Gasteiger partial charge >= 0.3 is 0 Å². The molecule has 0 aliphatic rings. The van der Waals surface area contributed by atoms with E-state index in [9.17, 15) is 4.79 Å². The van der Waals surface area contributed by atoms with Crippen molar-refractivity contribution in [3.63, 3.8) is 0 Å². The van der Waals surface area contributed by atoms with E-state index in [2.05, 4.69) is 4.98 Å². The average molecular weight is 183 g/mol. The number of Topliss-reactive ketones (excluding diaryl/α,β-unsaturated/α-hetero) is 1. The molecule has 12 heavy (non-hydrogen) atoms. The van der Waals surface area contributed by atoms with Gasteiger partial charge in [-0.3, -0.25) is 4.79 Å². The zero-order chi connectivity index (χ0) is 9.14. The number of ketones is 1. The molecule has 0 saturated heterocycles. The number of aromatic nitrogens is 1. The molecule has 1 aromatic rings. The van der Waals surface area contributed by atoms with Crippen molar-refractivity contribution in [2.45, 2.75) is 33.6 Å². The van der Waals surface area contributed by atoms with Crippen LogP contribution in [-0.4, -0.2) is 10.8 Å². The van der Waals surface area contributed by atoms with E-state index in [0.29, 0.717) is 12.1 Å². The highest BCUT2D eigenvalue weighted by molar-refractivity contribution is 7.11. The van der Waals surface area contributed by atoms with E-state index >= 15 is 0 Å². The summed E-state index contributed by atoms with van der Waals surface area (Å²) in [5.74, 6) is 0.180. The molecule has 0 fully saturated rings. The van der Waals surface area contributed by atoms with Gasteiger partial charge in [0.2, 0.25) is 0 Å². The van der Waals surface area contributed by atoms with Crippen LogP contribution < -0.4 is 0 Å². The molecule has 1 rings (SSSR count). The lowest BCUT2D eigenvalue weighted by atomic mass is 10.2. The minimum absolute atomic E-state index is 0.180. The SMILES string of the molecule is CCCC(=O)c1nc(C)sc1C. The predicted molar refractivity (Wildman–Crippen MR) is 50.8 cm³/mol. The van der Waals surface area contributed by atoms with Crippen molar-refractivity contribution < 1.29 is 4.79 Å². The number of hydrogen-bond acceptors (Lipinski definition) is 3. The molecular weight excluding hydrogens is 170 g/mol. The number of thiazole rings is 1. The topological polar surface area (TPSA) is 30.0 Å². The maximum absolute atomic E-state index is 11.4.